The Bertz CT molecular complexity index is 4900. The fraction of sp³-hybridized carbons (Fsp3) is 0.286. The van der Waals surface area contributed by atoms with Crippen LogP contribution in [0, 0.1) is 13.7 Å². The van der Waals surface area contributed by atoms with Crippen LogP contribution in [-0.2, 0) is 39.9 Å². The largest absolute Gasteiger partial charge is 0.456 e. The van der Waals surface area contributed by atoms with E-state index in [1.807, 2.05) is 98.0 Å². The molecule has 0 unspecified atom stereocenters. The maximum Gasteiger partial charge on any atom is 0.135 e. The summed E-state index contributed by atoms with van der Waals surface area (Å²) in [7, 11) is 0. The van der Waals surface area contributed by atoms with Crippen LogP contribution in [0.25, 0.3) is 84.5 Å². The van der Waals surface area contributed by atoms with Gasteiger partial charge in [0.2, 0.25) is 0 Å². The highest BCUT2D eigenvalue weighted by Crippen LogP contribution is 2.44. The van der Waals surface area contributed by atoms with Crippen molar-refractivity contribution in [2.24, 2.45) is 0 Å². The van der Waals surface area contributed by atoms with E-state index in [1.54, 1.807) is 0 Å². The molecule has 442 valence electrons. The molecule has 0 amide bonds. The molecule has 3 heterocycles. The van der Waals surface area contributed by atoms with Crippen molar-refractivity contribution >= 4 is 85.0 Å². The molecule has 0 spiro atoms. The van der Waals surface area contributed by atoms with Crippen molar-refractivity contribution in [2.75, 3.05) is 0 Å². The molecule has 2 aliphatic rings. The van der Waals surface area contributed by atoms with Crippen LogP contribution in [0.3, 0.4) is 0 Å². The van der Waals surface area contributed by atoms with Gasteiger partial charge in [0.15, 0.2) is 0 Å². The molecule has 10 aromatic carbocycles. The van der Waals surface area contributed by atoms with Gasteiger partial charge in [-0.15, -0.1) is 22.7 Å². The summed E-state index contributed by atoms with van der Waals surface area (Å²) in [6, 6.07) is 70.1. The SMILES string of the molecule is CC(C)(C)c1ccc2c(c1)Cc1ccccc1-2.CC(C)(C)c1cccc2c1sc1ccccc12.CC(C)(C)c1cccc2sc3ccccc3c12.[2H]C([2H])([2H])c1c(C(C)(C)C)ccc2oc3ccccc3c12.[2H]C([2H])([2H])c1cc2c(cc1C(C)(C)C)Cc1ccccc1-2. The Labute approximate surface area is 535 Å². The minimum Gasteiger partial charge on any atom is -0.456 e. The van der Waals surface area contributed by atoms with Gasteiger partial charge in [-0.3, -0.25) is 0 Å². The van der Waals surface area contributed by atoms with E-state index < -0.39 is 13.7 Å². The number of fused-ring (bicyclic) bond motifs is 15. The van der Waals surface area contributed by atoms with Crippen LogP contribution in [-0.4, -0.2) is 0 Å². The fourth-order valence-corrected chi connectivity index (χ4v) is 15.2. The van der Waals surface area contributed by atoms with E-state index in [1.165, 1.54) is 96.0 Å². The molecule has 0 aliphatic heterocycles. The van der Waals surface area contributed by atoms with Gasteiger partial charge in [-0.2, -0.15) is 0 Å². The summed E-state index contributed by atoms with van der Waals surface area (Å²) in [4.78, 5) is 0. The van der Waals surface area contributed by atoms with Gasteiger partial charge in [0.05, 0.1) is 0 Å². The first-order valence-electron chi connectivity index (χ1n) is 33.8. The quantitative estimate of drug-likeness (QED) is 0.147. The van der Waals surface area contributed by atoms with E-state index in [2.05, 4.69) is 229 Å². The van der Waals surface area contributed by atoms with E-state index in [0.717, 1.165) is 45.9 Å². The fourth-order valence-electron chi connectivity index (χ4n) is 12.6. The zero-order valence-corrected chi connectivity index (χ0v) is 55.3. The highest BCUT2D eigenvalue weighted by atomic mass is 32.1. The second-order valence-corrected chi connectivity index (χ2v) is 31.0. The van der Waals surface area contributed by atoms with Crippen molar-refractivity contribution in [3.8, 4) is 22.3 Å². The first-order chi connectivity index (χ1) is 43.6. The zero-order valence-electron chi connectivity index (χ0n) is 59.7. The Morgan fingerprint density at radius 3 is 1.48 bits per heavy atom. The molecule has 2 aliphatic carbocycles. The van der Waals surface area contributed by atoms with E-state index >= 15 is 0 Å². The molecule has 13 aromatic rings. The molecule has 3 heteroatoms. The molecule has 15 rings (SSSR count). The Balaban J connectivity index is 0.000000119. The lowest BCUT2D eigenvalue weighted by atomic mass is 9.82. The summed E-state index contributed by atoms with van der Waals surface area (Å²) >= 11 is 3.81. The Kier molecular flexibility index (Phi) is 14.5. The van der Waals surface area contributed by atoms with Gasteiger partial charge in [0.25, 0.3) is 0 Å². The normalized spacial score (nSPS) is 14.1. The summed E-state index contributed by atoms with van der Waals surface area (Å²) in [6.45, 7) is 28.6. The third-order valence-electron chi connectivity index (χ3n) is 17.2. The lowest BCUT2D eigenvalue weighted by Gasteiger charge is -2.23. The van der Waals surface area contributed by atoms with E-state index in [9.17, 15) is 0 Å². The molecular formula is C84H88OS2. The minimum atomic E-state index is -2.17. The van der Waals surface area contributed by atoms with Crippen molar-refractivity contribution < 1.29 is 12.6 Å². The maximum atomic E-state index is 7.98. The van der Waals surface area contributed by atoms with Crippen LogP contribution in [0.1, 0.15) is 173 Å². The van der Waals surface area contributed by atoms with Crippen LogP contribution in [0.2, 0.25) is 0 Å². The second-order valence-electron chi connectivity index (χ2n) is 28.9. The highest BCUT2D eigenvalue weighted by molar-refractivity contribution is 7.26. The highest BCUT2D eigenvalue weighted by Gasteiger charge is 2.26. The minimum absolute atomic E-state index is 0.173. The number of aryl methyl sites for hydroxylation is 2. The smallest absolute Gasteiger partial charge is 0.135 e. The van der Waals surface area contributed by atoms with Gasteiger partial charge >= 0.3 is 0 Å². The first kappa shape index (κ1) is 53.7. The molecule has 0 fully saturated rings. The number of rotatable bonds is 0. The van der Waals surface area contributed by atoms with Crippen LogP contribution < -0.4 is 0 Å². The summed E-state index contributed by atoms with van der Waals surface area (Å²) < 4.78 is 59.0. The van der Waals surface area contributed by atoms with E-state index in [-0.39, 0.29) is 27.1 Å². The average molecular weight is 1180 g/mol. The summed E-state index contributed by atoms with van der Waals surface area (Å²) in [5, 5.41) is 7.22. The molecule has 0 bridgehead atoms. The van der Waals surface area contributed by atoms with Gasteiger partial charge in [-0.1, -0.05) is 274 Å². The predicted octanol–water partition coefficient (Wildman–Crippen LogP) is 25.3. The molecule has 0 atom stereocenters. The summed E-state index contributed by atoms with van der Waals surface area (Å²) in [5.41, 5.74) is 19.2. The number of furan rings is 1. The lowest BCUT2D eigenvalue weighted by Crippen LogP contribution is -2.13. The Hall–Kier alpha value is -7.56. The second kappa shape index (κ2) is 23.5. The van der Waals surface area contributed by atoms with Gasteiger partial charge < -0.3 is 4.42 Å². The molecular weight excluding hydrogens is 1090 g/mol. The number of para-hydroxylation sites is 1. The number of benzene rings is 10. The molecule has 0 saturated carbocycles. The first-order valence-corrected chi connectivity index (χ1v) is 32.5. The Morgan fingerprint density at radius 1 is 0.333 bits per heavy atom. The number of hydrogen-bond donors (Lipinski definition) is 0. The standard InChI is InChI=1S/C18H20.C17H18O.C17H18.2C16H16S/c1-12-9-16-14(11-17(12)18(2,3)4)10-13-7-5-6-8-15(13)16;1-11-13(17(2,3)4)9-10-15-16(11)12-7-5-6-8-14(12)18-15;1-17(2,3)14-8-9-16-13(11-14)10-12-6-4-5-7-15(12)16;1-16(2,3)13-9-6-8-12-11-7-4-5-10-14(11)17-15(12)13;1-16(2,3)12-8-6-10-14-15(12)11-7-4-5-9-13(11)17-14/h5-9,11H,10H2,1-4H3;5-10H,1-4H3;4-9,11H,10H2,1-3H3;2*4-10H,1-3H3/i2*1D3;;;. The van der Waals surface area contributed by atoms with Crippen molar-refractivity contribution in [3.63, 3.8) is 0 Å². The van der Waals surface area contributed by atoms with Crippen LogP contribution in [0.15, 0.2) is 205 Å². The van der Waals surface area contributed by atoms with Gasteiger partial charge in [0.1, 0.15) is 11.2 Å². The molecule has 87 heavy (non-hydrogen) atoms. The summed E-state index contributed by atoms with van der Waals surface area (Å²) in [5.74, 6) is 0. The van der Waals surface area contributed by atoms with E-state index in [4.69, 9.17) is 12.6 Å². The van der Waals surface area contributed by atoms with Crippen LogP contribution in [0.4, 0.5) is 0 Å². The van der Waals surface area contributed by atoms with Gasteiger partial charge in [-0.25, -0.2) is 0 Å². The van der Waals surface area contributed by atoms with E-state index in [0.29, 0.717) is 16.7 Å². The molecule has 0 N–H and O–H groups in total. The van der Waals surface area contributed by atoms with Gasteiger partial charge in [0, 0.05) is 59.3 Å². The molecule has 0 radical (unpaired) electrons. The average Bonchev–Trinajstić information content (AvgIpc) is 1.75. The lowest BCUT2D eigenvalue weighted by molar-refractivity contribution is 0.585. The zero-order chi connectivity index (χ0) is 67.0. The van der Waals surface area contributed by atoms with Crippen molar-refractivity contribution in [1.29, 1.82) is 0 Å². The molecule has 0 saturated heterocycles. The topological polar surface area (TPSA) is 13.1 Å². The summed E-state index contributed by atoms with van der Waals surface area (Å²) in [6.07, 6.45) is 1.99. The van der Waals surface area contributed by atoms with Crippen molar-refractivity contribution in [1.82, 2.24) is 0 Å². The maximum absolute atomic E-state index is 7.98. The van der Waals surface area contributed by atoms with Crippen LogP contribution >= 0.6 is 22.7 Å². The van der Waals surface area contributed by atoms with Gasteiger partial charge in [-0.05, 0) is 167 Å². The number of thiophene rings is 2. The third kappa shape index (κ3) is 12.5. The third-order valence-corrected chi connectivity index (χ3v) is 19.5. The Morgan fingerprint density at radius 2 is 0.851 bits per heavy atom. The van der Waals surface area contributed by atoms with Crippen molar-refractivity contribution in [2.45, 2.75) is 157 Å². The van der Waals surface area contributed by atoms with Crippen LogP contribution in [0.5, 0.6) is 0 Å². The monoisotopic (exact) mass is 1180 g/mol. The van der Waals surface area contributed by atoms with Crippen molar-refractivity contribution in [3.05, 3.63) is 261 Å². The predicted molar refractivity (Wildman–Crippen MR) is 385 cm³/mol. The molecule has 3 aromatic heterocycles. The number of hydrogen-bond acceptors (Lipinski definition) is 3. The molecule has 1 nitrogen and oxygen atoms in total.